The fourth-order valence-electron chi connectivity index (χ4n) is 2.88. The summed E-state index contributed by atoms with van der Waals surface area (Å²) < 4.78 is 5.62. The van der Waals surface area contributed by atoms with E-state index < -0.39 is 0 Å². The molecule has 4 nitrogen and oxygen atoms in total. The number of benzene rings is 2. The van der Waals surface area contributed by atoms with Crippen LogP contribution in [0, 0.1) is 0 Å². The molecule has 0 bridgehead atoms. The van der Waals surface area contributed by atoms with Crippen LogP contribution in [0.2, 0.25) is 0 Å². The molecule has 4 rings (SSSR count). The summed E-state index contributed by atoms with van der Waals surface area (Å²) in [5.74, 6) is 0.965. The van der Waals surface area contributed by atoms with Crippen LogP contribution in [0.3, 0.4) is 0 Å². The maximum atomic E-state index is 10.3. The molecule has 2 heterocycles. The molecule has 0 aliphatic rings. The van der Waals surface area contributed by atoms with Crippen molar-refractivity contribution in [2.75, 3.05) is 11.9 Å². The van der Waals surface area contributed by atoms with Crippen LogP contribution in [-0.4, -0.2) is 27.0 Å². The summed E-state index contributed by atoms with van der Waals surface area (Å²) >= 11 is 3.35. The Hall–Kier alpha value is -2.53. The van der Waals surface area contributed by atoms with Gasteiger partial charge in [-0.1, -0.05) is 40.2 Å². The van der Waals surface area contributed by atoms with Crippen molar-refractivity contribution in [3.8, 4) is 22.9 Å². The average Bonchev–Trinajstić information content (AvgIpc) is 2.95. The first-order valence-corrected chi connectivity index (χ1v) is 8.78. The van der Waals surface area contributed by atoms with E-state index in [-0.39, 0.29) is 5.88 Å². The van der Waals surface area contributed by atoms with E-state index in [9.17, 15) is 5.11 Å². The molecule has 2 N–H and O–H groups in total. The number of rotatable bonds is 4. The van der Waals surface area contributed by atoms with Gasteiger partial charge >= 0.3 is 0 Å². The molecule has 2 aromatic carbocycles. The van der Waals surface area contributed by atoms with Crippen LogP contribution in [0.4, 0.5) is 0 Å². The van der Waals surface area contributed by atoms with Gasteiger partial charge in [0.25, 0.3) is 0 Å². The number of pyridine rings is 1. The van der Waals surface area contributed by atoms with E-state index in [4.69, 9.17) is 9.72 Å². The summed E-state index contributed by atoms with van der Waals surface area (Å²) in [6.45, 7) is 0.625. The van der Waals surface area contributed by atoms with Crippen molar-refractivity contribution in [3.05, 3.63) is 54.6 Å². The summed E-state index contributed by atoms with van der Waals surface area (Å²) in [7, 11) is 0. The van der Waals surface area contributed by atoms with Crippen LogP contribution in [0.25, 0.3) is 33.1 Å². The molecule has 0 aliphatic heterocycles. The Morgan fingerprint density at radius 2 is 1.96 bits per heavy atom. The van der Waals surface area contributed by atoms with Crippen LogP contribution in [-0.2, 0) is 0 Å². The molecule has 120 valence electrons. The summed E-state index contributed by atoms with van der Waals surface area (Å²) in [5.41, 5.74) is 3.23. The number of para-hydroxylation sites is 1. The first-order chi connectivity index (χ1) is 11.8. The summed E-state index contributed by atoms with van der Waals surface area (Å²) in [6, 6.07) is 17.6. The van der Waals surface area contributed by atoms with E-state index >= 15 is 0 Å². The van der Waals surface area contributed by atoms with E-state index in [2.05, 4.69) is 20.9 Å². The third-order valence-corrected chi connectivity index (χ3v) is 4.27. The fraction of sp³-hybridized carbons (Fsp3) is 0.105. The second kappa shape index (κ2) is 6.17. The number of aromatic amines is 1. The minimum absolute atomic E-state index is 0.139. The number of alkyl halides is 1. The van der Waals surface area contributed by atoms with Crippen molar-refractivity contribution in [1.82, 2.24) is 9.97 Å². The first-order valence-electron chi connectivity index (χ1n) is 7.66. The van der Waals surface area contributed by atoms with E-state index in [1.54, 1.807) is 0 Å². The number of aromatic hydroxyl groups is 1. The Morgan fingerprint density at radius 1 is 1.08 bits per heavy atom. The molecular weight excluding hydrogens is 368 g/mol. The third-order valence-electron chi connectivity index (χ3n) is 3.95. The van der Waals surface area contributed by atoms with Crippen molar-refractivity contribution < 1.29 is 9.84 Å². The highest BCUT2D eigenvalue weighted by Gasteiger charge is 2.14. The van der Waals surface area contributed by atoms with Gasteiger partial charge in [-0.05, 0) is 30.3 Å². The molecule has 0 atom stereocenters. The van der Waals surface area contributed by atoms with Gasteiger partial charge in [-0.15, -0.1) is 0 Å². The monoisotopic (exact) mass is 382 g/mol. The molecule has 24 heavy (non-hydrogen) atoms. The Bertz CT molecular complexity index is 1030. The second-order valence-electron chi connectivity index (χ2n) is 5.48. The van der Waals surface area contributed by atoms with E-state index in [0.29, 0.717) is 6.61 Å². The molecule has 0 saturated heterocycles. The number of aromatic nitrogens is 2. The minimum Gasteiger partial charge on any atom is -0.494 e. The number of nitrogens with zero attached hydrogens (tertiary/aromatic N) is 1. The van der Waals surface area contributed by atoms with E-state index in [1.165, 1.54) is 0 Å². The Labute approximate surface area is 147 Å². The Morgan fingerprint density at radius 3 is 2.83 bits per heavy atom. The third kappa shape index (κ3) is 2.61. The van der Waals surface area contributed by atoms with Crippen LogP contribution in [0.5, 0.6) is 11.6 Å². The highest BCUT2D eigenvalue weighted by Crippen LogP contribution is 2.36. The molecule has 0 amide bonds. The molecule has 0 fully saturated rings. The molecule has 4 aromatic rings. The Balaban J connectivity index is 1.81. The predicted octanol–water partition coefficient (Wildman–Crippen LogP) is 4.86. The van der Waals surface area contributed by atoms with E-state index in [0.717, 1.165) is 44.1 Å². The quantitative estimate of drug-likeness (QED) is 0.495. The maximum absolute atomic E-state index is 10.3. The van der Waals surface area contributed by atoms with Crippen LogP contribution < -0.4 is 4.74 Å². The summed E-state index contributed by atoms with van der Waals surface area (Å²) in [4.78, 5) is 7.70. The van der Waals surface area contributed by atoms with Crippen molar-refractivity contribution in [2.24, 2.45) is 0 Å². The van der Waals surface area contributed by atoms with Gasteiger partial charge in [-0.25, -0.2) is 4.98 Å². The van der Waals surface area contributed by atoms with Gasteiger partial charge in [0.05, 0.1) is 23.4 Å². The number of halogens is 1. The molecule has 0 radical (unpaired) electrons. The average molecular weight is 383 g/mol. The number of ether oxygens (including phenoxy) is 1. The van der Waals surface area contributed by atoms with Gasteiger partial charge in [-0.2, -0.15) is 0 Å². The molecule has 5 heteroatoms. The highest BCUT2D eigenvalue weighted by atomic mass is 79.9. The lowest BCUT2D eigenvalue weighted by atomic mass is 10.1. The zero-order valence-corrected chi connectivity index (χ0v) is 14.4. The van der Waals surface area contributed by atoms with Crippen molar-refractivity contribution in [2.45, 2.75) is 0 Å². The fourth-order valence-corrected chi connectivity index (χ4v) is 3.04. The lowest BCUT2D eigenvalue weighted by Gasteiger charge is -2.07. The van der Waals surface area contributed by atoms with Crippen molar-refractivity contribution >= 4 is 37.7 Å². The molecule has 0 saturated carbocycles. The molecule has 0 spiro atoms. The number of fused-ring (bicyclic) bond motifs is 2. The van der Waals surface area contributed by atoms with Crippen LogP contribution >= 0.6 is 15.9 Å². The number of nitrogens with one attached hydrogen (secondary N) is 1. The van der Waals surface area contributed by atoms with Gasteiger partial charge < -0.3 is 14.8 Å². The standard InChI is InChI=1S/C19H15BrN2O2/c20-9-10-24-13-6-8-15-12(11-13)5-7-17(21-15)18-14-3-1-2-4-16(14)22-19(18)23/h1-8,11,22-23H,9-10H2. The van der Waals surface area contributed by atoms with Gasteiger partial charge in [0.1, 0.15) is 5.75 Å². The Kier molecular flexibility index (Phi) is 3.86. The van der Waals surface area contributed by atoms with Crippen molar-refractivity contribution in [3.63, 3.8) is 0 Å². The number of H-pyrrole nitrogens is 1. The van der Waals surface area contributed by atoms with Gasteiger partial charge in [0, 0.05) is 21.6 Å². The lowest BCUT2D eigenvalue weighted by molar-refractivity contribution is 0.345. The zero-order chi connectivity index (χ0) is 16.5. The topological polar surface area (TPSA) is 58.1 Å². The minimum atomic E-state index is 0.139. The largest absolute Gasteiger partial charge is 0.494 e. The molecule has 2 aromatic heterocycles. The summed E-state index contributed by atoms with van der Waals surface area (Å²) in [5, 5.41) is 13.0. The lowest BCUT2D eigenvalue weighted by Crippen LogP contribution is -1.97. The highest BCUT2D eigenvalue weighted by molar-refractivity contribution is 9.09. The predicted molar refractivity (Wildman–Crippen MR) is 100.0 cm³/mol. The van der Waals surface area contributed by atoms with Crippen molar-refractivity contribution in [1.29, 1.82) is 0 Å². The second-order valence-corrected chi connectivity index (χ2v) is 6.28. The maximum Gasteiger partial charge on any atom is 0.199 e. The van der Waals surface area contributed by atoms with Crippen LogP contribution in [0.1, 0.15) is 0 Å². The summed E-state index contributed by atoms with van der Waals surface area (Å²) in [6.07, 6.45) is 0. The molecule has 0 unspecified atom stereocenters. The zero-order valence-electron chi connectivity index (χ0n) is 12.8. The van der Waals surface area contributed by atoms with Gasteiger partial charge in [0.15, 0.2) is 5.88 Å². The normalized spacial score (nSPS) is 11.2. The first kappa shape index (κ1) is 15.0. The molecule has 0 aliphatic carbocycles. The molecular formula is C19H15BrN2O2. The number of hydrogen-bond acceptors (Lipinski definition) is 3. The SMILES string of the molecule is Oc1[nH]c2ccccc2c1-c1ccc2cc(OCCBr)ccc2n1. The van der Waals surface area contributed by atoms with Gasteiger partial charge in [-0.3, -0.25) is 0 Å². The smallest absolute Gasteiger partial charge is 0.199 e. The number of hydrogen-bond donors (Lipinski definition) is 2. The van der Waals surface area contributed by atoms with Crippen LogP contribution in [0.15, 0.2) is 54.6 Å². The van der Waals surface area contributed by atoms with Gasteiger partial charge in [0.2, 0.25) is 0 Å². The van der Waals surface area contributed by atoms with E-state index in [1.807, 2.05) is 54.6 Å².